The van der Waals surface area contributed by atoms with E-state index in [-0.39, 0.29) is 24.0 Å². The van der Waals surface area contributed by atoms with Crippen molar-refractivity contribution in [1.82, 2.24) is 10.0 Å². The van der Waals surface area contributed by atoms with Gasteiger partial charge in [0.05, 0.1) is 17.4 Å². The summed E-state index contributed by atoms with van der Waals surface area (Å²) in [5, 5.41) is 4.39. The predicted molar refractivity (Wildman–Crippen MR) is 107 cm³/mol. The summed E-state index contributed by atoms with van der Waals surface area (Å²) in [4.78, 5) is 23.5. The molecule has 1 saturated heterocycles. The number of ether oxygens (including phenoxy) is 2. The van der Waals surface area contributed by atoms with Crippen LogP contribution < -0.4 is 10.0 Å². The van der Waals surface area contributed by atoms with Gasteiger partial charge >= 0.3 is 5.97 Å². The first-order chi connectivity index (χ1) is 13.9. The fourth-order valence-corrected chi connectivity index (χ4v) is 4.07. The van der Waals surface area contributed by atoms with Crippen LogP contribution in [0.15, 0.2) is 47.4 Å². The van der Waals surface area contributed by atoms with E-state index >= 15 is 0 Å². The van der Waals surface area contributed by atoms with Gasteiger partial charge in [-0.05, 0) is 35.7 Å². The molecule has 0 saturated carbocycles. The molecule has 1 atom stereocenters. The SMILES string of the molecule is O=C(COC(=O)CCNS(=O)(=O)c1ccc2ccccc2c1)NCC1CCCO1. The van der Waals surface area contributed by atoms with Crippen molar-refractivity contribution in [3.63, 3.8) is 0 Å². The third-order valence-corrected chi connectivity index (χ3v) is 6.03. The Hall–Kier alpha value is -2.49. The second-order valence-electron chi connectivity index (χ2n) is 6.76. The topological polar surface area (TPSA) is 111 Å². The highest BCUT2D eigenvalue weighted by Gasteiger charge is 2.17. The summed E-state index contributed by atoms with van der Waals surface area (Å²) < 4.78 is 37.4. The molecule has 2 aromatic rings. The van der Waals surface area contributed by atoms with Crippen molar-refractivity contribution in [2.45, 2.75) is 30.3 Å². The number of hydrogen-bond donors (Lipinski definition) is 2. The lowest BCUT2D eigenvalue weighted by Gasteiger charge is -2.11. The number of hydrogen-bond acceptors (Lipinski definition) is 6. The third-order valence-electron chi connectivity index (χ3n) is 4.57. The Labute approximate surface area is 169 Å². The first-order valence-corrected chi connectivity index (χ1v) is 10.9. The van der Waals surface area contributed by atoms with Crippen molar-refractivity contribution in [3.8, 4) is 0 Å². The largest absolute Gasteiger partial charge is 0.456 e. The van der Waals surface area contributed by atoms with Crippen LogP contribution >= 0.6 is 0 Å². The number of rotatable bonds is 9. The standard InChI is InChI=1S/C20H24N2O6S/c23-19(21-13-17-6-3-11-27-17)14-28-20(24)9-10-22-29(25,26)18-8-7-15-4-1-2-5-16(15)12-18/h1-2,4-5,7-8,12,17,22H,3,6,9-11,13-14H2,(H,21,23). The van der Waals surface area contributed by atoms with Crippen molar-refractivity contribution in [2.24, 2.45) is 0 Å². The number of esters is 1. The molecule has 1 aliphatic rings. The molecule has 3 rings (SSSR count). The summed E-state index contributed by atoms with van der Waals surface area (Å²) in [5.41, 5.74) is 0. The normalized spacial score (nSPS) is 16.6. The zero-order valence-electron chi connectivity index (χ0n) is 15.9. The van der Waals surface area contributed by atoms with Gasteiger partial charge in [-0.3, -0.25) is 9.59 Å². The number of sulfonamides is 1. The summed E-state index contributed by atoms with van der Waals surface area (Å²) in [6.07, 6.45) is 1.72. The highest BCUT2D eigenvalue weighted by molar-refractivity contribution is 7.89. The van der Waals surface area contributed by atoms with E-state index in [2.05, 4.69) is 10.0 Å². The number of carbonyl (C=O) groups is 2. The molecule has 2 aromatic carbocycles. The summed E-state index contributed by atoms with van der Waals surface area (Å²) in [5.74, 6) is -1.07. The minimum absolute atomic E-state index is 0.0131. The molecule has 156 valence electrons. The summed E-state index contributed by atoms with van der Waals surface area (Å²) in [6.45, 7) is 0.571. The number of amides is 1. The molecule has 1 aliphatic heterocycles. The molecule has 1 amide bonds. The lowest BCUT2D eigenvalue weighted by molar-refractivity contribution is -0.148. The van der Waals surface area contributed by atoms with Crippen LogP contribution in [-0.4, -0.2) is 52.7 Å². The molecular weight excluding hydrogens is 396 g/mol. The second kappa shape index (κ2) is 9.82. The maximum Gasteiger partial charge on any atom is 0.307 e. The molecule has 0 aromatic heterocycles. The molecule has 1 unspecified atom stereocenters. The van der Waals surface area contributed by atoms with Gasteiger partial charge in [-0.2, -0.15) is 0 Å². The molecule has 1 heterocycles. The lowest BCUT2D eigenvalue weighted by Crippen LogP contribution is -2.35. The minimum Gasteiger partial charge on any atom is -0.456 e. The average Bonchev–Trinajstić information content (AvgIpc) is 3.24. The van der Waals surface area contributed by atoms with Gasteiger partial charge in [0, 0.05) is 19.7 Å². The molecule has 29 heavy (non-hydrogen) atoms. The van der Waals surface area contributed by atoms with Gasteiger partial charge < -0.3 is 14.8 Å². The molecule has 2 N–H and O–H groups in total. The van der Waals surface area contributed by atoms with E-state index in [1.165, 1.54) is 6.07 Å². The average molecular weight is 420 g/mol. The van der Waals surface area contributed by atoms with Gasteiger partial charge in [-0.1, -0.05) is 30.3 Å². The van der Waals surface area contributed by atoms with Gasteiger partial charge in [0.15, 0.2) is 6.61 Å². The zero-order valence-corrected chi connectivity index (χ0v) is 16.7. The van der Waals surface area contributed by atoms with Crippen LogP contribution in [0.25, 0.3) is 10.8 Å². The van der Waals surface area contributed by atoms with Crippen LogP contribution in [0.4, 0.5) is 0 Å². The molecule has 0 spiro atoms. The van der Waals surface area contributed by atoms with Crippen molar-refractivity contribution in [3.05, 3.63) is 42.5 Å². The van der Waals surface area contributed by atoms with E-state index in [0.29, 0.717) is 13.2 Å². The number of benzene rings is 2. The van der Waals surface area contributed by atoms with E-state index in [1.54, 1.807) is 12.1 Å². The van der Waals surface area contributed by atoms with Gasteiger partial charge in [0.25, 0.3) is 5.91 Å². The summed E-state index contributed by atoms with van der Waals surface area (Å²) >= 11 is 0. The van der Waals surface area contributed by atoms with Crippen molar-refractivity contribution in [2.75, 3.05) is 26.3 Å². The fraction of sp³-hybridized carbons (Fsp3) is 0.400. The van der Waals surface area contributed by atoms with Gasteiger partial charge in [0.1, 0.15) is 0 Å². The second-order valence-corrected chi connectivity index (χ2v) is 8.52. The maximum atomic E-state index is 12.4. The Morgan fingerprint density at radius 1 is 1.14 bits per heavy atom. The monoisotopic (exact) mass is 420 g/mol. The van der Waals surface area contributed by atoms with Crippen molar-refractivity contribution >= 4 is 32.7 Å². The van der Waals surface area contributed by atoms with E-state index in [4.69, 9.17) is 9.47 Å². The zero-order chi connectivity index (χ0) is 20.7. The Morgan fingerprint density at radius 3 is 2.69 bits per heavy atom. The van der Waals surface area contributed by atoms with Gasteiger partial charge in [-0.15, -0.1) is 0 Å². The van der Waals surface area contributed by atoms with Crippen LogP contribution in [-0.2, 0) is 29.1 Å². The number of fused-ring (bicyclic) bond motifs is 1. The Bertz CT molecular complexity index is 970. The van der Waals surface area contributed by atoms with E-state index in [9.17, 15) is 18.0 Å². The van der Waals surface area contributed by atoms with Crippen LogP contribution in [0.3, 0.4) is 0 Å². The first kappa shape index (κ1) is 21.2. The van der Waals surface area contributed by atoms with Crippen molar-refractivity contribution < 1.29 is 27.5 Å². The highest BCUT2D eigenvalue weighted by Crippen LogP contribution is 2.18. The minimum atomic E-state index is -3.75. The molecule has 1 fully saturated rings. The fourth-order valence-electron chi connectivity index (χ4n) is 3.01. The maximum absolute atomic E-state index is 12.4. The quantitative estimate of drug-likeness (QED) is 0.593. The summed E-state index contributed by atoms with van der Waals surface area (Å²) in [6, 6.07) is 12.3. The third kappa shape index (κ3) is 6.25. The van der Waals surface area contributed by atoms with Crippen LogP contribution in [0, 0.1) is 0 Å². The molecule has 0 radical (unpaired) electrons. The Kier molecular flexibility index (Phi) is 7.18. The predicted octanol–water partition coefficient (Wildman–Crippen LogP) is 1.35. The highest BCUT2D eigenvalue weighted by atomic mass is 32.2. The molecule has 8 nitrogen and oxygen atoms in total. The van der Waals surface area contributed by atoms with E-state index < -0.39 is 28.5 Å². The van der Waals surface area contributed by atoms with Gasteiger partial charge in [-0.25, -0.2) is 13.1 Å². The van der Waals surface area contributed by atoms with Crippen LogP contribution in [0.1, 0.15) is 19.3 Å². The Balaban J connectivity index is 1.39. The molecule has 9 heteroatoms. The Morgan fingerprint density at radius 2 is 1.93 bits per heavy atom. The van der Waals surface area contributed by atoms with E-state index in [0.717, 1.165) is 23.6 Å². The van der Waals surface area contributed by atoms with Crippen LogP contribution in [0.5, 0.6) is 0 Å². The van der Waals surface area contributed by atoms with Crippen molar-refractivity contribution in [1.29, 1.82) is 0 Å². The summed E-state index contributed by atoms with van der Waals surface area (Å²) in [7, 11) is -3.75. The lowest BCUT2D eigenvalue weighted by atomic mass is 10.1. The van der Waals surface area contributed by atoms with Gasteiger partial charge in [0.2, 0.25) is 10.0 Å². The molecule has 0 bridgehead atoms. The van der Waals surface area contributed by atoms with Crippen LogP contribution in [0.2, 0.25) is 0 Å². The van der Waals surface area contributed by atoms with E-state index in [1.807, 2.05) is 24.3 Å². The first-order valence-electron chi connectivity index (χ1n) is 9.46. The molecular formula is C20H24N2O6S. The number of carbonyl (C=O) groups excluding carboxylic acids is 2. The number of nitrogens with one attached hydrogen (secondary N) is 2. The smallest absolute Gasteiger partial charge is 0.307 e. The molecule has 0 aliphatic carbocycles.